The second-order valence-corrected chi connectivity index (χ2v) is 3.96. The molecule has 1 heterocycles. The number of hydrogen-bond acceptors (Lipinski definition) is 4. The Bertz CT molecular complexity index is 465. The summed E-state index contributed by atoms with van der Waals surface area (Å²) in [6, 6.07) is 1.81. The normalized spacial score (nSPS) is 10.7. The largest absolute Gasteiger partial charge is 0.469 e. The highest BCUT2D eigenvalue weighted by atomic mass is 16.5. The van der Waals surface area contributed by atoms with E-state index in [1.54, 1.807) is 28.9 Å². The Morgan fingerprint density at radius 3 is 2.79 bits per heavy atom. The molecule has 0 atom stereocenters. The third-order valence-electron chi connectivity index (χ3n) is 2.76. The molecule has 1 amide bonds. The molecule has 0 N–H and O–H groups in total. The Morgan fingerprint density at radius 1 is 1.53 bits per heavy atom. The van der Waals surface area contributed by atoms with Crippen LogP contribution >= 0.6 is 0 Å². The molecule has 0 spiro atoms. The van der Waals surface area contributed by atoms with Crippen molar-refractivity contribution in [3.8, 4) is 0 Å². The average molecular weight is 265 g/mol. The van der Waals surface area contributed by atoms with Gasteiger partial charge in [-0.1, -0.05) is 0 Å². The van der Waals surface area contributed by atoms with Crippen LogP contribution in [0.1, 0.15) is 19.0 Å². The van der Waals surface area contributed by atoms with Crippen molar-refractivity contribution in [3.05, 3.63) is 24.0 Å². The summed E-state index contributed by atoms with van der Waals surface area (Å²) in [5.74, 6) is -0.450. The van der Waals surface area contributed by atoms with E-state index in [2.05, 4.69) is 9.84 Å². The smallest absolute Gasteiger partial charge is 0.307 e. The molecule has 6 nitrogen and oxygen atoms in total. The van der Waals surface area contributed by atoms with Crippen LogP contribution in [-0.2, 0) is 21.4 Å². The van der Waals surface area contributed by atoms with E-state index in [1.165, 1.54) is 13.2 Å². The fraction of sp³-hybridized carbons (Fsp3) is 0.462. The molecule has 0 fully saturated rings. The number of methoxy groups -OCH3 is 1. The molecule has 1 rings (SSSR count). The maximum Gasteiger partial charge on any atom is 0.307 e. The average Bonchev–Trinajstić information content (AvgIpc) is 2.82. The van der Waals surface area contributed by atoms with Crippen molar-refractivity contribution in [1.29, 1.82) is 0 Å². The van der Waals surface area contributed by atoms with Gasteiger partial charge in [0.05, 0.1) is 19.2 Å². The SMILES string of the molecule is CCN(CCC(=O)OC)C(=O)/C=C/c1ccnn1C. The van der Waals surface area contributed by atoms with Crippen LogP contribution in [0.25, 0.3) is 6.08 Å². The summed E-state index contributed by atoms with van der Waals surface area (Å²) in [5.41, 5.74) is 0.845. The van der Waals surface area contributed by atoms with E-state index in [1.807, 2.05) is 13.0 Å². The molecule has 0 saturated heterocycles. The van der Waals surface area contributed by atoms with E-state index in [9.17, 15) is 9.59 Å². The minimum absolute atomic E-state index is 0.132. The van der Waals surface area contributed by atoms with Crippen LogP contribution in [0.2, 0.25) is 0 Å². The van der Waals surface area contributed by atoms with Crippen LogP contribution in [0.5, 0.6) is 0 Å². The van der Waals surface area contributed by atoms with E-state index in [0.717, 1.165) is 5.69 Å². The lowest BCUT2D eigenvalue weighted by Crippen LogP contribution is -2.31. The monoisotopic (exact) mass is 265 g/mol. The number of hydrogen-bond donors (Lipinski definition) is 0. The number of ether oxygens (including phenoxy) is 1. The predicted octanol–water partition coefficient (Wildman–Crippen LogP) is 0.845. The molecule has 0 bridgehead atoms. The van der Waals surface area contributed by atoms with Gasteiger partial charge in [-0.3, -0.25) is 14.3 Å². The first-order valence-corrected chi connectivity index (χ1v) is 6.10. The van der Waals surface area contributed by atoms with Crippen molar-refractivity contribution in [2.45, 2.75) is 13.3 Å². The number of aromatic nitrogens is 2. The molecule has 1 aromatic rings. The highest BCUT2D eigenvalue weighted by Gasteiger charge is 2.10. The van der Waals surface area contributed by atoms with Crippen LogP contribution in [0.3, 0.4) is 0 Å². The summed E-state index contributed by atoms with van der Waals surface area (Å²) in [7, 11) is 3.14. The summed E-state index contributed by atoms with van der Waals surface area (Å²) in [6.45, 7) is 2.77. The zero-order valence-electron chi connectivity index (χ0n) is 11.5. The Morgan fingerprint density at radius 2 is 2.26 bits per heavy atom. The van der Waals surface area contributed by atoms with E-state index in [4.69, 9.17) is 0 Å². The number of aryl methyl sites for hydroxylation is 1. The van der Waals surface area contributed by atoms with E-state index in [0.29, 0.717) is 13.1 Å². The molecule has 0 aliphatic rings. The van der Waals surface area contributed by atoms with Crippen LogP contribution in [0.4, 0.5) is 0 Å². The summed E-state index contributed by atoms with van der Waals surface area (Å²) in [4.78, 5) is 24.6. The number of nitrogens with zero attached hydrogens (tertiary/aromatic N) is 3. The number of carbonyl (C=O) groups is 2. The Labute approximate surface area is 112 Å². The zero-order chi connectivity index (χ0) is 14.3. The number of amides is 1. The highest BCUT2D eigenvalue weighted by molar-refractivity contribution is 5.91. The van der Waals surface area contributed by atoms with Gasteiger partial charge in [0.15, 0.2) is 0 Å². The third kappa shape index (κ3) is 4.57. The maximum atomic E-state index is 11.9. The van der Waals surface area contributed by atoms with Crippen LogP contribution in [-0.4, -0.2) is 46.8 Å². The number of esters is 1. The molecule has 0 aliphatic carbocycles. The highest BCUT2D eigenvalue weighted by Crippen LogP contribution is 2.01. The Hall–Kier alpha value is -2.11. The first-order valence-electron chi connectivity index (χ1n) is 6.10. The lowest BCUT2D eigenvalue weighted by atomic mass is 10.3. The van der Waals surface area contributed by atoms with Crippen LogP contribution in [0.15, 0.2) is 18.3 Å². The zero-order valence-corrected chi connectivity index (χ0v) is 11.5. The van der Waals surface area contributed by atoms with Crippen LogP contribution < -0.4 is 0 Å². The first-order chi connectivity index (χ1) is 9.08. The lowest BCUT2D eigenvalue weighted by Gasteiger charge is -2.18. The van der Waals surface area contributed by atoms with Gasteiger partial charge >= 0.3 is 5.97 Å². The number of rotatable bonds is 6. The van der Waals surface area contributed by atoms with Crippen molar-refractivity contribution < 1.29 is 14.3 Å². The van der Waals surface area contributed by atoms with Gasteiger partial charge in [-0.15, -0.1) is 0 Å². The van der Waals surface area contributed by atoms with E-state index >= 15 is 0 Å². The van der Waals surface area contributed by atoms with Crippen molar-refractivity contribution in [2.24, 2.45) is 7.05 Å². The van der Waals surface area contributed by atoms with Gasteiger partial charge in [0.2, 0.25) is 5.91 Å². The molecule has 0 unspecified atom stereocenters. The third-order valence-corrected chi connectivity index (χ3v) is 2.76. The lowest BCUT2D eigenvalue weighted by molar-refractivity contribution is -0.141. The number of carbonyl (C=O) groups excluding carboxylic acids is 2. The first kappa shape index (κ1) is 14.9. The molecule has 0 aromatic carbocycles. The minimum Gasteiger partial charge on any atom is -0.469 e. The van der Waals surface area contributed by atoms with Gasteiger partial charge in [-0.25, -0.2) is 0 Å². The van der Waals surface area contributed by atoms with Gasteiger partial charge < -0.3 is 9.64 Å². The maximum absolute atomic E-state index is 11.9. The molecular weight excluding hydrogens is 246 g/mol. The summed E-state index contributed by atoms with van der Waals surface area (Å²) >= 11 is 0. The summed E-state index contributed by atoms with van der Waals surface area (Å²) in [5, 5.41) is 4.01. The minimum atomic E-state index is -0.318. The quantitative estimate of drug-likeness (QED) is 0.565. The number of likely N-dealkylation sites (N-methyl/N-ethyl adjacent to an activating group) is 1. The topological polar surface area (TPSA) is 64.4 Å². The molecule has 19 heavy (non-hydrogen) atoms. The predicted molar refractivity (Wildman–Crippen MR) is 71.1 cm³/mol. The van der Waals surface area contributed by atoms with Gasteiger partial charge in [0.1, 0.15) is 0 Å². The molecule has 6 heteroatoms. The van der Waals surface area contributed by atoms with Crippen molar-refractivity contribution >= 4 is 18.0 Å². The van der Waals surface area contributed by atoms with Crippen LogP contribution in [0, 0.1) is 0 Å². The van der Waals surface area contributed by atoms with Gasteiger partial charge in [0, 0.05) is 32.4 Å². The standard InChI is InChI=1S/C13H19N3O3/c1-4-16(10-8-13(18)19-3)12(17)6-5-11-7-9-14-15(11)2/h5-7,9H,4,8,10H2,1-3H3/b6-5+. The molecule has 104 valence electrons. The fourth-order valence-electron chi connectivity index (χ4n) is 1.56. The molecule has 0 radical (unpaired) electrons. The Kier molecular flexibility index (Phi) is 5.78. The van der Waals surface area contributed by atoms with E-state index in [-0.39, 0.29) is 18.3 Å². The second kappa shape index (κ2) is 7.35. The summed E-state index contributed by atoms with van der Waals surface area (Å²) in [6.07, 6.45) is 5.06. The van der Waals surface area contributed by atoms with Gasteiger partial charge in [-0.2, -0.15) is 5.10 Å². The summed E-state index contributed by atoms with van der Waals surface area (Å²) < 4.78 is 6.23. The van der Waals surface area contributed by atoms with Crippen molar-refractivity contribution in [1.82, 2.24) is 14.7 Å². The van der Waals surface area contributed by atoms with E-state index < -0.39 is 0 Å². The van der Waals surface area contributed by atoms with Gasteiger partial charge in [0.25, 0.3) is 0 Å². The fourth-order valence-corrected chi connectivity index (χ4v) is 1.56. The molecular formula is C13H19N3O3. The van der Waals surface area contributed by atoms with Gasteiger partial charge in [-0.05, 0) is 19.1 Å². The second-order valence-electron chi connectivity index (χ2n) is 3.96. The molecule has 0 aliphatic heterocycles. The molecule has 0 saturated carbocycles. The van der Waals surface area contributed by atoms with Crippen molar-refractivity contribution in [3.63, 3.8) is 0 Å². The molecule has 1 aromatic heterocycles. The van der Waals surface area contributed by atoms with Crippen molar-refractivity contribution in [2.75, 3.05) is 20.2 Å². The Balaban J connectivity index is 2.56.